The molecular weight excluding hydrogens is 332 g/mol. The molecule has 142 valence electrons. The molecule has 0 radical (unpaired) electrons. The zero-order valence-corrected chi connectivity index (χ0v) is 14.9. The fourth-order valence-corrected chi connectivity index (χ4v) is 3.08. The molecule has 2 rings (SSSR count). The third-order valence-corrected chi connectivity index (χ3v) is 4.40. The first-order valence-corrected chi connectivity index (χ1v) is 8.63. The van der Waals surface area contributed by atoms with Gasteiger partial charge in [0.25, 0.3) is 0 Å². The summed E-state index contributed by atoms with van der Waals surface area (Å²) in [6.45, 7) is 0.745. The molecule has 0 unspecified atom stereocenters. The Morgan fingerprint density at radius 3 is 2.19 bits per heavy atom. The van der Waals surface area contributed by atoms with E-state index in [1.54, 1.807) is 12.1 Å². The third-order valence-electron chi connectivity index (χ3n) is 4.40. The molecule has 0 saturated carbocycles. The highest BCUT2D eigenvalue weighted by molar-refractivity contribution is 5.69. The summed E-state index contributed by atoms with van der Waals surface area (Å²) in [5.74, 6) is 0. The number of nitrogens with zero attached hydrogens (tertiary/aromatic N) is 1. The third kappa shape index (κ3) is 4.57. The summed E-state index contributed by atoms with van der Waals surface area (Å²) in [5.41, 5.74) is 23.3. The van der Waals surface area contributed by atoms with Gasteiger partial charge < -0.3 is 37.4 Å². The normalized spacial score (nSPS) is 10.9. The SMILES string of the molecule is Nc1ccc(N)c(CN(CCO)c2ccc(CCO)c(N)c2CCO)c1. The van der Waals surface area contributed by atoms with E-state index in [1.807, 2.05) is 23.1 Å². The Kier molecular flexibility index (Phi) is 7.08. The summed E-state index contributed by atoms with van der Waals surface area (Å²) in [7, 11) is 0. The van der Waals surface area contributed by atoms with Gasteiger partial charge in [-0.2, -0.15) is 0 Å². The van der Waals surface area contributed by atoms with Gasteiger partial charge in [0.1, 0.15) is 0 Å². The molecular formula is C19H28N4O3. The smallest absolute Gasteiger partial charge is 0.0606 e. The van der Waals surface area contributed by atoms with Crippen LogP contribution in [0.15, 0.2) is 30.3 Å². The molecule has 0 saturated heterocycles. The quantitative estimate of drug-likeness (QED) is 0.358. The zero-order valence-electron chi connectivity index (χ0n) is 14.9. The van der Waals surface area contributed by atoms with E-state index in [0.29, 0.717) is 43.0 Å². The van der Waals surface area contributed by atoms with Gasteiger partial charge in [-0.15, -0.1) is 0 Å². The second kappa shape index (κ2) is 9.28. The number of rotatable bonds is 9. The molecule has 2 aromatic carbocycles. The van der Waals surface area contributed by atoms with Gasteiger partial charge in [-0.05, 0) is 48.2 Å². The number of aliphatic hydroxyl groups excluding tert-OH is 3. The van der Waals surface area contributed by atoms with Gasteiger partial charge in [0.2, 0.25) is 0 Å². The van der Waals surface area contributed by atoms with Gasteiger partial charge in [0, 0.05) is 54.6 Å². The van der Waals surface area contributed by atoms with Crippen molar-refractivity contribution >= 4 is 22.7 Å². The van der Waals surface area contributed by atoms with Crippen molar-refractivity contribution in [1.82, 2.24) is 0 Å². The molecule has 26 heavy (non-hydrogen) atoms. The highest BCUT2D eigenvalue weighted by Gasteiger charge is 2.17. The maximum atomic E-state index is 9.52. The molecule has 0 fully saturated rings. The maximum absolute atomic E-state index is 9.52. The van der Waals surface area contributed by atoms with Crippen LogP contribution < -0.4 is 22.1 Å². The molecule has 0 heterocycles. The Balaban J connectivity index is 2.45. The highest BCUT2D eigenvalue weighted by Crippen LogP contribution is 2.31. The van der Waals surface area contributed by atoms with Crippen molar-refractivity contribution in [3.05, 3.63) is 47.0 Å². The van der Waals surface area contributed by atoms with Crippen LogP contribution in [-0.4, -0.2) is 41.7 Å². The second-order valence-electron chi connectivity index (χ2n) is 6.19. The first kappa shape index (κ1) is 19.8. The molecule has 0 aliphatic carbocycles. The Bertz CT molecular complexity index is 737. The molecule has 0 atom stereocenters. The summed E-state index contributed by atoms with van der Waals surface area (Å²) >= 11 is 0. The van der Waals surface area contributed by atoms with Crippen molar-refractivity contribution in [1.29, 1.82) is 0 Å². The summed E-state index contributed by atoms with van der Waals surface area (Å²) in [4.78, 5) is 1.97. The Morgan fingerprint density at radius 1 is 0.808 bits per heavy atom. The molecule has 0 spiro atoms. The van der Waals surface area contributed by atoms with Crippen molar-refractivity contribution in [2.24, 2.45) is 0 Å². The summed E-state index contributed by atoms with van der Waals surface area (Å²) < 4.78 is 0. The largest absolute Gasteiger partial charge is 0.399 e. The van der Waals surface area contributed by atoms with Crippen LogP contribution in [0.1, 0.15) is 16.7 Å². The lowest BCUT2D eigenvalue weighted by Gasteiger charge is -2.28. The van der Waals surface area contributed by atoms with Crippen molar-refractivity contribution in [3.63, 3.8) is 0 Å². The number of benzene rings is 2. The van der Waals surface area contributed by atoms with Crippen LogP contribution in [0.5, 0.6) is 0 Å². The number of hydrogen-bond acceptors (Lipinski definition) is 7. The number of hydrogen-bond donors (Lipinski definition) is 6. The van der Waals surface area contributed by atoms with Gasteiger partial charge in [-0.25, -0.2) is 0 Å². The van der Waals surface area contributed by atoms with E-state index in [4.69, 9.17) is 17.2 Å². The average Bonchev–Trinajstić information content (AvgIpc) is 2.61. The molecule has 0 bridgehead atoms. The van der Waals surface area contributed by atoms with Crippen LogP contribution in [-0.2, 0) is 19.4 Å². The minimum absolute atomic E-state index is 0.00227. The van der Waals surface area contributed by atoms with Gasteiger partial charge in [0.15, 0.2) is 0 Å². The lowest BCUT2D eigenvalue weighted by atomic mass is 9.99. The minimum atomic E-state index is -0.0484. The van der Waals surface area contributed by atoms with Crippen molar-refractivity contribution in [3.8, 4) is 0 Å². The fourth-order valence-electron chi connectivity index (χ4n) is 3.08. The van der Waals surface area contributed by atoms with E-state index < -0.39 is 0 Å². The first-order chi connectivity index (χ1) is 12.5. The highest BCUT2D eigenvalue weighted by atomic mass is 16.3. The lowest BCUT2D eigenvalue weighted by Crippen LogP contribution is -2.28. The first-order valence-electron chi connectivity index (χ1n) is 8.63. The van der Waals surface area contributed by atoms with E-state index in [-0.39, 0.29) is 19.8 Å². The Labute approximate surface area is 153 Å². The number of aliphatic hydroxyl groups is 3. The Hall–Kier alpha value is -2.48. The topological polar surface area (TPSA) is 142 Å². The van der Waals surface area contributed by atoms with Crippen LogP contribution in [0.4, 0.5) is 22.7 Å². The van der Waals surface area contributed by atoms with Crippen LogP contribution in [0.2, 0.25) is 0 Å². The minimum Gasteiger partial charge on any atom is -0.399 e. The molecule has 0 aliphatic heterocycles. The molecule has 9 N–H and O–H groups in total. The fraction of sp³-hybridized carbons (Fsp3) is 0.368. The number of nitrogens with two attached hydrogens (primary N) is 3. The van der Waals surface area contributed by atoms with Crippen molar-refractivity contribution in [2.45, 2.75) is 19.4 Å². The maximum Gasteiger partial charge on any atom is 0.0606 e. The molecule has 0 aliphatic rings. The van der Waals surface area contributed by atoms with Crippen LogP contribution >= 0.6 is 0 Å². The lowest BCUT2D eigenvalue weighted by molar-refractivity contribution is 0.297. The number of nitrogen functional groups attached to an aromatic ring is 3. The summed E-state index contributed by atoms with van der Waals surface area (Å²) in [6, 6.07) is 9.09. The molecule has 7 nitrogen and oxygen atoms in total. The van der Waals surface area contributed by atoms with Crippen LogP contribution in [0.25, 0.3) is 0 Å². The van der Waals surface area contributed by atoms with Gasteiger partial charge >= 0.3 is 0 Å². The van der Waals surface area contributed by atoms with E-state index in [0.717, 1.165) is 22.4 Å². The standard InChI is InChI=1S/C19H28N4O3/c20-15-2-3-17(21)14(11-15)12-23(7-10-26)18-4-1-13(5-8-24)19(22)16(18)6-9-25/h1-4,11,24-26H,5-10,12,20-22H2. The van der Waals surface area contributed by atoms with Crippen LogP contribution in [0.3, 0.4) is 0 Å². The molecule has 7 heteroatoms. The monoisotopic (exact) mass is 360 g/mol. The number of anilines is 4. The van der Waals surface area contributed by atoms with Gasteiger partial charge in [-0.3, -0.25) is 0 Å². The predicted molar refractivity (Wildman–Crippen MR) is 106 cm³/mol. The van der Waals surface area contributed by atoms with E-state index >= 15 is 0 Å². The van der Waals surface area contributed by atoms with Crippen molar-refractivity contribution < 1.29 is 15.3 Å². The zero-order chi connectivity index (χ0) is 19.1. The second-order valence-corrected chi connectivity index (χ2v) is 6.19. The van der Waals surface area contributed by atoms with Crippen LogP contribution in [0, 0.1) is 0 Å². The van der Waals surface area contributed by atoms with Crippen molar-refractivity contribution in [2.75, 3.05) is 48.5 Å². The predicted octanol–water partition coefficient (Wildman–Crippen LogP) is 0.502. The van der Waals surface area contributed by atoms with E-state index in [2.05, 4.69) is 0 Å². The van der Waals surface area contributed by atoms with E-state index in [1.165, 1.54) is 0 Å². The molecule has 0 amide bonds. The average molecular weight is 360 g/mol. The van der Waals surface area contributed by atoms with Gasteiger partial charge in [-0.1, -0.05) is 6.07 Å². The summed E-state index contributed by atoms with van der Waals surface area (Å²) in [5, 5.41) is 28.2. The molecule has 2 aromatic rings. The van der Waals surface area contributed by atoms with Gasteiger partial charge in [0.05, 0.1) is 6.61 Å². The molecule has 0 aromatic heterocycles. The van der Waals surface area contributed by atoms with E-state index in [9.17, 15) is 15.3 Å². The summed E-state index contributed by atoms with van der Waals surface area (Å²) in [6.07, 6.45) is 0.835. The Morgan fingerprint density at radius 2 is 1.54 bits per heavy atom.